The molecule has 21 heavy (non-hydrogen) atoms. The van der Waals surface area contributed by atoms with Gasteiger partial charge in [0.2, 0.25) is 5.95 Å². The Hall–Kier alpha value is -2.89. The van der Waals surface area contributed by atoms with Crippen LogP contribution in [-0.4, -0.2) is 29.5 Å². The Morgan fingerprint density at radius 2 is 1.95 bits per heavy atom. The number of nitrogens with one attached hydrogen (secondary N) is 2. The summed E-state index contributed by atoms with van der Waals surface area (Å²) in [5, 5.41) is 5.70. The number of methoxy groups -OCH3 is 1. The monoisotopic (exact) mass is 284 g/mol. The van der Waals surface area contributed by atoms with Crippen LogP contribution in [0.1, 0.15) is 10.4 Å². The van der Waals surface area contributed by atoms with E-state index < -0.39 is 0 Å². The second-order valence-corrected chi connectivity index (χ2v) is 4.15. The van der Waals surface area contributed by atoms with Gasteiger partial charge in [-0.2, -0.15) is 0 Å². The lowest BCUT2D eigenvalue weighted by molar-refractivity contribution is 0.102. The Morgan fingerprint density at radius 1 is 1.29 bits per heavy atom. The lowest BCUT2D eigenvalue weighted by Crippen LogP contribution is -2.13. The minimum atomic E-state index is -0.268. The van der Waals surface area contributed by atoms with E-state index in [0.29, 0.717) is 23.7 Å². The number of amides is 1. The Morgan fingerprint density at radius 3 is 2.52 bits per heavy atom. The summed E-state index contributed by atoms with van der Waals surface area (Å²) in [6.45, 7) is 4.16. The van der Waals surface area contributed by atoms with Gasteiger partial charge in [-0.25, -0.2) is 9.97 Å². The highest BCUT2D eigenvalue weighted by molar-refractivity contribution is 6.03. The zero-order valence-electron chi connectivity index (χ0n) is 11.7. The van der Waals surface area contributed by atoms with Gasteiger partial charge in [0.15, 0.2) is 0 Å². The van der Waals surface area contributed by atoms with Gasteiger partial charge < -0.3 is 15.4 Å². The lowest BCUT2D eigenvalue weighted by Gasteiger charge is -2.06. The van der Waals surface area contributed by atoms with Gasteiger partial charge in [0.1, 0.15) is 5.75 Å². The second kappa shape index (κ2) is 7.04. The highest BCUT2D eigenvalue weighted by atomic mass is 16.5. The number of anilines is 2. The van der Waals surface area contributed by atoms with E-state index in [0.717, 1.165) is 5.75 Å². The first kappa shape index (κ1) is 14.5. The van der Waals surface area contributed by atoms with Crippen molar-refractivity contribution >= 4 is 17.5 Å². The number of hydrogen-bond donors (Lipinski definition) is 2. The van der Waals surface area contributed by atoms with Crippen molar-refractivity contribution in [2.24, 2.45) is 0 Å². The summed E-state index contributed by atoms with van der Waals surface area (Å²) < 4.78 is 5.06. The molecule has 0 aliphatic carbocycles. The van der Waals surface area contributed by atoms with Crippen LogP contribution in [0.5, 0.6) is 5.75 Å². The molecule has 1 heterocycles. The van der Waals surface area contributed by atoms with Crippen molar-refractivity contribution in [3.63, 3.8) is 0 Å². The molecule has 6 nitrogen and oxygen atoms in total. The smallest absolute Gasteiger partial charge is 0.258 e. The van der Waals surface area contributed by atoms with Crippen molar-refractivity contribution in [3.8, 4) is 5.75 Å². The Bertz CT molecular complexity index is 609. The summed E-state index contributed by atoms with van der Waals surface area (Å²) in [5.74, 6) is 0.917. The fourth-order valence-electron chi connectivity index (χ4n) is 1.58. The fourth-order valence-corrected chi connectivity index (χ4v) is 1.58. The third-order valence-corrected chi connectivity index (χ3v) is 2.67. The predicted molar refractivity (Wildman–Crippen MR) is 81.7 cm³/mol. The quantitative estimate of drug-likeness (QED) is 0.796. The number of nitrogens with zero attached hydrogens (tertiary/aromatic N) is 2. The molecule has 0 radical (unpaired) electrons. The summed E-state index contributed by atoms with van der Waals surface area (Å²) >= 11 is 0. The first-order valence-corrected chi connectivity index (χ1v) is 6.35. The molecular formula is C15H16N4O2. The number of ether oxygens (including phenoxy) is 1. The summed E-state index contributed by atoms with van der Waals surface area (Å²) in [5.41, 5.74) is 1.06. The van der Waals surface area contributed by atoms with Gasteiger partial charge in [-0.1, -0.05) is 6.08 Å². The molecule has 2 N–H and O–H groups in total. The lowest BCUT2D eigenvalue weighted by atomic mass is 10.2. The minimum absolute atomic E-state index is 0.268. The van der Waals surface area contributed by atoms with E-state index in [2.05, 4.69) is 27.2 Å². The predicted octanol–water partition coefficient (Wildman–Crippen LogP) is 2.34. The van der Waals surface area contributed by atoms with Crippen molar-refractivity contribution in [3.05, 3.63) is 54.9 Å². The molecule has 0 aliphatic rings. The summed E-state index contributed by atoms with van der Waals surface area (Å²) in [7, 11) is 1.59. The number of rotatable bonds is 6. The third kappa shape index (κ3) is 4.04. The summed E-state index contributed by atoms with van der Waals surface area (Å²) in [6, 6.07) is 7.07. The molecule has 0 bridgehead atoms. The zero-order chi connectivity index (χ0) is 15.1. The van der Waals surface area contributed by atoms with Crippen molar-refractivity contribution < 1.29 is 9.53 Å². The Kier molecular flexibility index (Phi) is 4.87. The average Bonchev–Trinajstić information content (AvgIpc) is 2.54. The fraction of sp³-hybridized carbons (Fsp3) is 0.133. The van der Waals surface area contributed by atoms with Gasteiger partial charge in [0.05, 0.1) is 12.7 Å². The molecule has 1 aromatic heterocycles. The van der Waals surface area contributed by atoms with Crippen LogP contribution in [0.25, 0.3) is 0 Å². The van der Waals surface area contributed by atoms with Crippen molar-refractivity contribution in [2.75, 3.05) is 24.3 Å². The van der Waals surface area contributed by atoms with Gasteiger partial charge in [-0.15, -0.1) is 6.58 Å². The Labute approximate surface area is 122 Å². The van der Waals surface area contributed by atoms with Crippen LogP contribution < -0.4 is 15.4 Å². The molecule has 6 heteroatoms. The van der Waals surface area contributed by atoms with Crippen LogP contribution in [0.15, 0.2) is 49.3 Å². The molecule has 0 atom stereocenters. The van der Waals surface area contributed by atoms with Gasteiger partial charge in [-0.05, 0) is 24.3 Å². The van der Waals surface area contributed by atoms with Crippen LogP contribution in [0, 0.1) is 0 Å². The minimum Gasteiger partial charge on any atom is -0.497 e. The molecule has 0 unspecified atom stereocenters. The highest BCUT2D eigenvalue weighted by Gasteiger charge is 2.07. The molecule has 0 saturated heterocycles. The van der Waals surface area contributed by atoms with Crippen molar-refractivity contribution in [2.45, 2.75) is 0 Å². The van der Waals surface area contributed by atoms with Crippen LogP contribution in [0.3, 0.4) is 0 Å². The first-order valence-electron chi connectivity index (χ1n) is 6.35. The molecule has 108 valence electrons. The van der Waals surface area contributed by atoms with Crippen LogP contribution in [0.2, 0.25) is 0 Å². The standard InChI is InChI=1S/C15H16N4O2/c1-3-8-16-15-17-9-11(10-18-15)14(20)19-12-4-6-13(21-2)7-5-12/h3-7,9-10H,1,8H2,2H3,(H,19,20)(H,16,17,18). The molecule has 1 amide bonds. The van der Waals surface area contributed by atoms with Crippen LogP contribution in [-0.2, 0) is 0 Å². The molecule has 0 aliphatic heterocycles. The molecule has 0 fully saturated rings. The molecule has 0 saturated carbocycles. The summed E-state index contributed by atoms with van der Waals surface area (Å²) in [6.07, 6.45) is 4.64. The maximum atomic E-state index is 12.0. The maximum absolute atomic E-state index is 12.0. The third-order valence-electron chi connectivity index (χ3n) is 2.67. The van der Waals surface area contributed by atoms with E-state index in [1.54, 1.807) is 37.5 Å². The topological polar surface area (TPSA) is 76.1 Å². The molecule has 2 rings (SSSR count). The number of carbonyl (C=O) groups is 1. The highest BCUT2D eigenvalue weighted by Crippen LogP contribution is 2.15. The van der Waals surface area contributed by atoms with E-state index in [-0.39, 0.29) is 5.91 Å². The number of hydrogen-bond acceptors (Lipinski definition) is 5. The van der Waals surface area contributed by atoms with Crippen LogP contribution >= 0.6 is 0 Å². The van der Waals surface area contributed by atoms with Gasteiger partial charge in [-0.3, -0.25) is 4.79 Å². The second-order valence-electron chi connectivity index (χ2n) is 4.15. The largest absolute Gasteiger partial charge is 0.497 e. The number of aromatic nitrogens is 2. The van der Waals surface area contributed by atoms with Crippen LogP contribution in [0.4, 0.5) is 11.6 Å². The van der Waals surface area contributed by atoms with E-state index in [4.69, 9.17) is 4.74 Å². The van der Waals surface area contributed by atoms with E-state index in [1.165, 1.54) is 12.4 Å². The first-order chi connectivity index (χ1) is 10.2. The Balaban J connectivity index is 2.00. The molecule has 1 aromatic carbocycles. The van der Waals surface area contributed by atoms with Gasteiger partial charge in [0, 0.05) is 24.6 Å². The number of carbonyl (C=O) groups excluding carboxylic acids is 1. The molecule has 0 spiro atoms. The summed E-state index contributed by atoms with van der Waals surface area (Å²) in [4.78, 5) is 20.1. The average molecular weight is 284 g/mol. The van der Waals surface area contributed by atoms with E-state index in [9.17, 15) is 4.79 Å². The number of benzene rings is 1. The van der Waals surface area contributed by atoms with Gasteiger partial charge >= 0.3 is 0 Å². The van der Waals surface area contributed by atoms with Crippen molar-refractivity contribution in [1.29, 1.82) is 0 Å². The van der Waals surface area contributed by atoms with Gasteiger partial charge in [0.25, 0.3) is 5.91 Å². The van der Waals surface area contributed by atoms with Crippen molar-refractivity contribution in [1.82, 2.24) is 9.97 Å². The SMILES string of the molecule is C=CCNc1ncc(C(=O)Nc2ccc(OC)cc2)cn1. The zero-order valence-corrected chi connectivity index (χ0v) is 11.7. The van der Waals surface area contributed by atoms with E-state index >= 15 is 0 Å². The maximum Gasteiger partial charge on any atom is 0.258 e. The molecular weight excluding hydrogens is 268 g/mol. The van der Waals surface area contributed by atoms with E-state index in [1.807, 2.05) is 0 Å². The normalized spacial score (nSPS) is 9.76. The molecule has 2 aromatic rings.